The van der Waals surface area contributed by atoms with Crippen molar-refractivity contribution >= 4 is 20.1 Å². The van der Waals surface area contributed by atoms with Crippen molar-refractivity contribution in [2.24, 2.45) is 5.41 Å². The maximum atomic E-state index is 5.93. The Morgan fingerprint density at radius 3 is 1.64 bits per heavy atom. The molecule has 0 fully saturated rings. The molecule has 0 aromatic heterocycles. The van der Waals surface area contributed by atoms with Crippen LogP contribution in [0.4, 0.5) is 0 Å². The van der Waals surface area contributed by atoms with E-state index in [1.807, 2.05) is 0 Å². The molecular weight excluding hydrogens is 294 g/mol. The van der Waals surface area contributed by atoms with Crippen LogP contribution in [0.3, 0.4) is 0 Å². The topological polar surface area (TPSA) is 0 Å². The van der Waals surface area contributed by atoms with Crippen LogP contribution < -0.4 is 0 Å². The zero-order valence-electron chi connectivity index (χ0n) is 9.46. The molecule has 0 radical (unpaired) electrons. The van der Waals surface area contributed by atoms with Crippen molar-refractivity contribution in [3.63, 3.8) is 0 Å². The standard InChI is InChI=1S/C11H17Cl.ClH.Zr/c1-7-8(2)10(6-12)11(4,5)9(7)3;;/h6H2,1-5H3;1H;/q;;+1/p-1. The van der Waals surface area contributed by atoms with Gasteiger partial charge in [-0.05, 0) is 37.5 Å². The summed E-state index contributed by atoms with van der Waals surface area (Å²) in [6.45, 7) is 11.1. The van der Waals surface area contributed by atoms with Crippen molar-refractivity contribution in [2.45, 2.75) is 34.6 Å². The number of halogens is 2. The first-order chi connectivity index (χ1) is 6.42. The van der Waals surface area contributed by atoms with Gasteiger partial charge in [0.15, 0.2) is 0 Å². The fraction of sp³-hybridized carbons (Fsp3) is 0.636. The van der Waals surface area contributed by atoms with E-state index in [4.69, 9.17) is 20.1 Å². The summed E-state index contributed by atoms with van der Waals surface area (Å²) in [7, 11) is 4.73. The van der Waals surface area contributed by atoms with Crippen LogP contribution in [-0.4, -0.2) is 5.88 Å². The van der Waals surface area contributed by atoms with Crippen LogP contribution in [0, 0.1) is 5.41 Å². The summed E-state index contributed by atoms with van der Waals surface area (Å²) in [6.07, 6.45) is 0. The molecule has 0 heterocycles. The second-order valence-electron chi connectivity index (χ2n) is 4.11. The Hall–Kier alpha value is 0.943. The van der Waals surface area contributed by atoms with Crippen molar-refractivity contribution < 1.29 is 23.5 Å². The van der Waals surface area contributed by atoms with E-state index in [2.05, 4.69) is 34.6 Å². The Morgan fingerprint density at radius 2 is 1.50 bits per heavy atom. The van der Waals surface area contributed by atoms with Crippen molar-refractivity contribution in [1.82, 2.24) is 0 Å². The van der Waals surface area contributed by atoms with Gasteiger partial charge >= 0.3 is 32.0 Å². The normalized spacial score (nSPS) is 19.6. The van der Waals surface area contributed by atoms with Gasteiger partial charge in [-0.15, -0.1) is 11.6 Å². The van der Waals surface area contributed by atoms with Crippen LogP contribution in [0.15, 0.2) is 22.3 Å². The van der Waals surface area contributed by atoms with E-state index in [1.165, 1.54) is 22.3 Å². The van der Waals surface area contributed by atoms with Gasteiger partial charge in [0.2, 0.25) is 0 Å². The molecule has 0 aromatic carbocycles. The monoisotopic (exact) mass is 309 g/mol. The zero-order valence-corrected chi connectivity index (χ0v) is 13.4. The summed E-state index contributed by atoms with van der Waals surface area (Å²) in [5.41, 5.74) is 5.87. The molecule has 0 atom stereocenters. The summed E-state index contributed by atoms with van der Waals surface area (Å²) < 4.78 is 0. The van der Waals surface area contributed by atoms with E-state index in [1.54, 1.807) is 0 Å². The van der Waals surface area contributed by atoms with E-state index in [0.29, 0.717) is 5.88 Å². The predicted octanol–water partition coefficient (Wildman–Crippen LogP) is 4.60. The number of alkyl halides is 1. The average molecular weight is 311 g/mol. The molecule has 1 aliphatic rings. The SMILES string of the molecule is CC1=C(C)C(C)(C)C(CCl)=C1C.[Cl][Zr]. The molecule has 0 saturated heterocycles. The Morgan fingerprint density at radius 1 is 1.07 bits per heavy atom. The first-order valence-electron chi connectivity index (χ1n) is 4.56. The van der Waals surface area contributed by atoms with Gasteiger partial charge in [0.05, 0.1) is 0 Å². The van der Waals surface area contributed by atoms with Gasteiger partial charge in [-0.25, -0.2) is 0 Å². The van der Waals surface area contributed by atoms with E-state index >= 15 is 0 Å². The Labute approximate surface area is 111 Å². The molecule has 1 aliphatic carbocycles. The van der Waals surface area contributed by atoms with Gasteiger partial charge in [0.25, 0.3) is 0 Å². The molecule has 0 amide bonds. The summed E-state index contributed by atoms with van der Waals surface area (Å²) in [6, 6.07) is 0. The first kappa shape index (κ1) is 14.9. The molecule has 1 rings (SSSR count). The van der Waals surface area contributed by atoms with Gasteiger partial charge in [-0.1, -0.05) is 19.4 Å². The van der Waals surface area contributed by atoms with Gasteiger partial charge in [0, 0.05) is 11.3 Å². The van der Waals surface area contributed by atoms with Crippen molar-refractivity contribution in [2.75, 3.05) is 5.88 Å². The van der Waals surface area contributed by atoms with Crippen LogP contribution >= 0.6 is 20.1 Å². The molecule has 0 bridgehead atoms. The van der Waals surface area contributed by atoms with E-state index in [9.17, 15) is 0 Å². The summed E-state index contributed by atoms with van der Waals surface area (Å²) >= 11 is 6.96. The quantitative estimate of drug-likeness (QED) is 0.621. The minimum atomic E-state index is 0.190. The first-order valence-corrected chi connectivity index (χ1v) is 8.26. The van der Waals surface area contributed by atoms with Gasteiger partial charge in [0.1, 0.15) is 0 Å². The molecule has 0 unspecified atom stereocenters. The van der Waals surface area contributed by atoms with E-state index in [0.717, 1.165) is 23.5 Å². The minimum absolute atomic E-state index is 0.190. The van der Waals surface area contributed by atoms with Crippen molar-refractivity contribution in [3.8, 4) is 0 Å². The molecule has 0 nitrogen and oxygen atoms in total. The third kappa shape index (κ3) is 2.54. The third-order valence-electron chi connectivity index (χ3n) is 3.40. The second kappa shape index (κ2) is 5.87. The van der Waals surface area contributed by atoms with Gasteiger partial charge < -0.3 is 0 Å². The Balaban J connectivity index is 0.000000791. The average Bonchev–Trinajstić information content (AvgIpc) is 2.31. The molecule has 0 aromatic rings. The summed E-state index contributed by atoms with van der Waals surface area (Å²) in [5, 5.41) is 0. The van der Waals surface area contributed by atoms with Crippen LogP contribution in [-0.2, 0) is 23.5 Å². The molecule has 14 heavy (non-hydrogen) atoms. The van der Waals surface area contributed by atoms with Crippen LogP contribution in [0.1, 0.15) is 34.6 Å². The molecule has 0 N–H and O–H groups in total. The summed E-state index contributed by atoms with van der Waals surface area (Å²) in [4.78, 5) is 0. The fourth-order valence-electron chi connectivity index (χ4n) is 1.94. The van der Waals surface area contributed by atoms with Crippen LogP contribution in [0.2, 0.25) is 0 Å². The van der Waals surface area contributed by atoms with Gasteiger partial charge in [-0.3, -0.25) is 0 Å². The molecule has 0 saturated carbocycles. The van der Waals surface area contributed by atoms with Crippen LogP contribution in [0.25, 0.3) is 0 Å². The van der Waals surface area contributed by atoms with E-state index < -0.39 is 0 Å². The maximum absolute atomic E-state index is 5.93. The summed E-state index contributed by atoms with van der Waals surface area (Å²) in [5.74, 6) is 0.660. The Bertz CT molecular complexity index is 275. The van der Waals surface area contributed by atoms with Crippen LogP contribution in [0.5, 0.6) is 0 Å². The third-order valence-corrected chi connectivity index (χ3v) is 3.67. The Kier molecular flexibility index (Phi) is 6.27. The van der Waals surface area contributed by atoms with Crippen molar-refractivity contribution in [3.05, 3.63) is 22.3 Å². The number of hydrogen-bond donors (Lipinski definition) is 0. The second-order valence-corrected chi connectivity index (χ2v) is 4.38. The molecular formula is C11H17Cl2Zr. The van der Waals surface area contributed by atoms with E-state index in [-0.39, 0.29) is 5.41 Å². The number of rotatable bonds is 1. The molecule has 0 aliphatic heterocycles. The number of hydrogen-bond acceptors (Lipinski definition) is 0. The number of allylic oxidation sites excluding steroid dienone is 4. The molecule has 3 heteroatoms. The predicted molar refractivity (Wildman–Crippen MR) is 61.4 cm³/mol. The molecule has 0 spiro atoms. The zero-order chi connectivity index (χ0) is 11.5. The molecule has 79 valence electrons. The fourth-order valence-corrected chi connectivity index (χ4v) is 2.47. The van der Waals surface area contributed by atoms with Gasteiger partial charge in [-0.2, -0.15) is 0 Å². The van der Waals surface area contributed by atoms with Crippen molar-refractivity contribution in [1.29, 1.82) is 0 Å².